The third kappa shape index (κ3) is 4.71. The number of rotatable bonds is 5. The predicted molar refractivity (Wildman–Crippen MR) is 127 cm³/mol. The van der Waals surface area contributed by atoms with Gasteiger partial charge in [0.05, 0.1) is 11.8 Å². The number of hydrogen-bond donors (Lipinski definition) is 2. The minimum Gasteiger partial charge on any atom is -0.349 e. The van der Waals surface area contributed by atoms with E-state index >= 15 is 0 Å². The minimum absolute atomic E-state index is 0. The number of nitrogens with two attached hydrogens (primary N) is 1. The maximum Gasteiger partial charge on any atom is 0.253 e. The van der Waals surface area contributed by atoms with Crippen LogP contribution in [0.2, 0.25) is 5.02 Å². The first kappa shape index (κ1) is 23.5. The van der Waals surface area contributed by atoms with Crippen molar-refractivity contribution in [1.29, 1.82) is 0 Å². The number of aromatic nitrogens is 3. The number of halogens is 2. The highest BCUT2D eigenvalue weighted by Crippen LogP contribution is 2.39. The molecule has 6 nitrogen and oxygen atoms in total. The van der Waals surface area contributed by atoms with E-state index in [-0.39, 0.29) is 35.8 Å². The Hall–Kier alpha value is -2.15. The molecule has 166 valence electrons. The quantitative estimate of drug-likeness (QED) is 0.578. The SMILES string of the molecule is CC(C)n1ncc2cc(C(=O)NC3CCC(CN)(c4cccc(Cl)c4)CC3)cnc21.Cl. The number of fused-ring (bicyclic) bond motifs is 1. The summed E-state index contributed by atoms with van der Waals surface area (Å²) in [7, 11) is 0. The summed E-state index contributed by atoms with van der Waals surface area (Å²) in [6, 6.07) is 10.2. The lowest BCUT2D eigenvalue weighted by Gasteiger charge is -2.40. The van der Waals surface area contributed by atoms with Crippen molar-refractivity contribution in [3.63, 3.8) is 0 Å². The summed E-state index contributed by atoms with van der Waals surface area (Å²) in [5.74, 6) is -0.0882. The summed E-state index contributed by atoms with van der Waals surface area (Å²) in [4.78, 5) is 17.3. The summed E-state index contributed by atoms with van der Waals surface area (Å²) in [6.07, 6.45) is 7.02. The standard InChI is InChI=1S/C23H28ClN5O.ClH/c1-15(2)29-21-16(13-27-29)10-17(12-26-21)22(30)28-20-6-8-23(14-25,9-7-20)18-4-3-5-19(24)11-18;/h3-5,10-13,15,20H,6-9,14,25H2,1-2H3,(H,28,30);1H. The average Bonchev–Trinajstić information content (AvgIpc) is 3.18. The van der Waals surface area contributed by atoms with Crippen LogP contribution in [0.5, 0.6) is 0 Å². The number of amides is 1. The van der Waals surface area contributed by atoms with Gasteiger partial charge >= 0.3 is 0 Å². The molecular formula is C23H29Cl2N5O. The highest BCUT2D eigenvalue weighted by atomic mass is 35.5. The van der Waals surface area contributed by atoms with E-state index in [1.54, 1.807) is 12.4 Å². The monoisotopic (exact) mass is 461 g/mol. The number of nitrogens with one attached hydrogen (secondary N) is 1. The Kier molecular flexibility index (Phi) is 7.24. The van der Waals surface area contributed by atoms with E-state index in [0.29, 0.717) is 12.1 Å². The third-order valence-corrected chi connectivity index (χ3v) is 6.53. The van der Waals surface area contributed by atoms with Crippen molar-refractivity contribution < 1.29 is 4.79 Å². The van der Waals surface area contributed by atoms with E-state index in [2.05, 4.69) is 35.3 Å². The van der Waals surface area contributed by atoms with Crippen molar-refractivity contribution in [3.8, 4) is 0 Å². The average molecular weight is 462 g/mol. The lowest BCUT2D eigenvalue weighted by Crippen LogP contribution is -2.45. The van der Waals surface area contributed by atoms with Gasteiger partial charge in [0.15, 0.2) is 5.65 Å². The second-order valence-corrected chi connectivity index (χ2v) is 9.00. The van der Waals surface area contributed by atoms with Crippen molar-refractivity contribution in [2.75, 3.05) is 6.54 Å². The van der Waals surface area contributed by atoms with Gasteiger partial charge in [-0.2, -0.15) is 5.10 Å². The van der Waals surface area contributed by atoms with Crippen LogP contribution in [-0.4, -0.2) is 33.3 Å². The van der Waals surface area contributed by atoms with E-state index in [0.717, 1.165) is 41.7 Å². The summed E-state index contributed by atoms with van der Waals surface area (Å²) in [6.45, 7) is 4.69. The summed E-state index contributed by atoms with van der Waals surface area (Å²) in [5, 5.41) is 9.17. The molecular weight excluding hydrogens is 433 g/mol. The first-order chi connectivity index (χ1) is 14.4. The van der Waals surface area contributed by atoms with Crippen LogP contribution in [0.15, 0.2) is 42.7 Å². The topological polar surface area (TPSA) is 85.8 Å². The highest BCUT2D eigenvalue weighted by Gasteiger charge is 2.36. The molecule has 2 aromatic heterocycles. The van der Waals surface area contributed by atoms with Crippen LogP contribution in [-0.2, 0) is 5.41 Å². The van der Waals surface area contributed by atoms with Crippen molar-refractivity contribution in [1.82, 2.24) is 20.1 Å². The summed E-state index contributed by atoms with van der Waals surface area (Å²) < 4.78 is 1.86. The van der Waals surface area contributed by atoms with Crippen molar-refractivity contribution in [3.05, 3.63) is 58.9 Å². The first-order valence-electron chi connectivity index (χ1n) is 10.5. The molecule has 0 saturated heterocycles. The van der Waals surface area contributed by atoms with Crippen LogP contribution in [0.3, 0.4) is 0 Å². The molecule has 1 fully saturated rings. The summed E-state index contributed by atoms with van der Waals surface area (Å²) in [5.41, 5.74) is 8.68. The van der Waals surface area contributed by atoms with Crippen LogP contribution < -0.4 is 11.1 Å². The van der Waals surface area contributed by atoms with E-state index in [4.69, 9.17) is 17.3 Å². The Morgan fingerprint density at radius 1 is 1.29 bits per heavy atom. The normalized spacial score (nSPS) is 21.1. The molecule has 0 unspecified atom stereocenters. The number of hydrogen-bond acceptors (Lipinski definition) is 4. The minimum atomic E-state index is -0.0882. The number of carbonyl (C=O) groups excluding carboxylic acids is 1. The molecule has 4 rings (SSSR count). The number of carbonyl (C=O) groups is 1. The van der Waals surface area contributed by atoms with E-state index < -0.39 is 0 Å². The van der Waals surface area contributed by atoms with Crippen LogP contribution in [0.4, 0.5) is 0 Å². The molecule has 3 aromatic rings. The van der Waals surface area contributed by atoms with Gasteiger partial charge in [0.2, 0.25) is 0 Å². The molecule has 3 N–H and O–H groups in total. The first-order valence-corrected chi connectivity index (χ1v) is 10.9. The Labute approximate surface area is 194 Å². The zero-order chi connectivity index (χ0) is 21.3. The van der Waals surface area contributed by atoms with E-state index in [1.807, 2.05) is 28.9 Å². The molecule has 1 aromatic carbocycles. The second kappa shape index (κ2) is 9.55. The lowest BCUT2D eigenvalue weighted by molar-refractivity contribution is 0.0917. The molecule has 2 heterocycles. The molecule has 0 aliphatic heterocycles. The fourth-order valence-electron chi connectivity index (χ4n) is 4.45. The number of benzene rings is 1. The van der Waals surface area contributed by atoms with Gasteiger partial charge in [0, 0.05) is 40.6 Å². The van der Waals surface area contributed by atoms with Crippen LogP contribution in [0.25, 0.3) is 11.0 Å². The van der Waals surface area contributed by atoms with Crippen molar-refractivity contribution in [2.24, 2.45) is 5.73 Å². The van der Waals surface area contributed by atoms with Gasteiger partial charge in [-0.1, -0.05) is 23.7 Å². The van der Waals surface area contributed by atoms with Crippen molar-refractivity contribution >= 4 is 40.9 Å². The fraction of sp³-hybridized carbons (Fsp3) is 0.435. The van der Waals surface area contributed by atoms with Crippen molar-refractivity contribution in [2.45, 2.75) is 57.0 Å². The number of nitrogens with zero attached hydrogens (tertiary/aromatic N) is 3. The fourth-order valence-corrected chi connectivity index (χ4v) is 4.64. The highest BCUT2D eigenvalue weighted by molar-refractivity contribution is 6.30. The lowest BCUT2D eigenvalue weighted by atomic mass is 9.68. The van der Waals surface area contributed by atoms with E-state index in [1.165, 1.54) is 5.56 Å². The van der Waals surface area contributed by atoms with Gasteiger partial charge in [0.25, 0.3) is 5.91 Å². The molecule has 31 heavy (non-hydrogen) atoms. The Bertz CT molecular complexity index is 1060. The van der Waals surface area contributed by atoms with Gasteiger partial charge in [-0.3, -0.25) is 4.79 Å². The maximum absolute atomic E-state index is 12.8. The molecule has 1 aliphatic carbocycles. The third-order valence-electron chi connectivity index (χ3n) is 6.29. The zero-order valence-electron chi connectivity index (χ0n) is 17.8. The van der Waals surface area contributed by atoms with Gasteiger partial charge in [0.1, 0.15) is 0 Å². The Morgan fingerprint density at radius 2 is 2.03 bits per heavy atom. The van der Waals surface area contributed by atoms with Crippen LogP contribution in [0, 0.1) is 0 Å². The number of pyridine rings is 1. The molecule has 0 spiro atoms. The van der Waals surface area contributed by atoms with Gasteiger partial charge in [-0.25, -0.2) is 9.67 Å². The molecule has 8 heteroatoms. The maximum atomic E-state index is 12.8. The largest absolute Gasteiger partial charge is 0.349 e. The van der Waals surface area contributed by atoms with Gasteiger partial charge in [-0.15, -0.1) is 12.4 Å². The van der Waals surface area contributed by atoms with Gasteiger partial charge < -0.3 is 11.1 Å². The Balaban J connectivity index is 0.00000272. The molecule has 0 bridgehead atoms. The summed E-state index contributed by atoms with van der Waals surface area (Å²) >= 11 is 6.20. The second-order valence-electron chi connectivity index (χ2n) is 8.56. The van der Waals surface area contributed by atoms with Crippen LogP contribution >= 0.6 is 24.0 Å². The smallest absolute Gasteiger partial charge is 0.253 e. The molecule has 1 saturated carbocycles. The predicted octanol–water partition coefficient (Wildman–Crippen LogP) is 4.66. The molecule has 1 amide bonds. The van der Waals surface area contributed by atoms with E-state index in [9.17, 15) is 4.79 Å². The molecule has 0 radical (unpaired) electrons. The van der Waals surface area contributed by atoms with Gasteiger partial charge in [-0.05, 0) is 63.3 Å². The Morgan fingerprint density at radius 3 is 2.68 bits per heavy atom. The zero-order valence-corrected chi connectivity index (χ0v) is 19.4. The molecule has 1 aliphatic rings. The van der Waals surface area contributed by atoms with Crippen LogP contribution in [0.1, 0.15) is 61.5 Å². The molecule has 0 atom stereocenters.